The Labute approximate surface area is 138 Å². The number of imide groups is 1. The van der Waals surface area contributed by atoms with Crippen LogP contribution in [-0.2, 0) is 23.9 Å². The zero-order chi connectivity index (χ0) is 17.7. The molecular formula is C16H15N3O5. The minimum Gasteiger partial charge on any atom is -0.451 e. The fourth-order valence-electron chi connectivity index (χ4n) is 2.14. The lowest BCUT2D eigenvalue weighted by Crippen LogP contribution is -2.38. The highest BCUT2D eigenvalue weighted by Crippen LogP contribution is 2.15. The number of rotatable bonds is 5. The molecule has 0 bridgehead atoms. The predicted octanol–water partition coefficient (Wildman–Crippen LogP) is 0.577. The van der Waals surface area contributed by atoms with Gasteiger partial charge in [0, 0.05) is 12.8 Å². The largest absolute Gasteiger partial charge is 0.451 e. The molecule has 1 N–H and O–H groups in total. The molecule has 8 nitrogen and oxygen atoms in total. The molecule has 1 aromatic rings. The van der Waals surface area contributed by atoms with Crippen LogP contribution in [-0.4, -0.2) is 41.2 Å². The number of carbonyl (C=O) groups is 4. The second-order valence-corrected chi connectivity index (χ2v) is 5.15. The molecule has 1 atom stereocenters. The lowest BCUT2D eigenvalue weighted by molar-refractivity contribution is -0.158. The van der Waals surface area contributed by atoms with E-state index in [1.807, 2.05) is 6.07 Å². The lowest BCUT2D eigenvalue weighted by Gasteiger charge is -2.17. The van der Waals surface area contributed by atoms with Gasteiger partial charge in [-0.25, -0.2) is 0 Å². The van der Waals surface area contributed by atoms with Crippen LogP contribution < -0.4 is 5.32 Å². The third-order valence-electron chi connectivity index (χ3n) is 3.42. The number of nitriles is 1. The number of benzene rings is 1. The predicted molar refractivity (Wildman–Crippen MR) is 81.3 cm³/mol. The molecule has 1 heterocycles. The highest BCUT2D eigenvalue weighted by molar-refractivity contribution is 6.04. The topological polar surface area (TPSA) is 117 Å². The van der Waals surface area contributed by atoms with Gasteiger partial charge in [0.05, 0.1) is 11.3 Å². The van der Waals surface area contributed by atoms with Crippen molar-refractivity contribution in [2.45, 2.75) is 25.9 Å². The van der Waals surface area contributed by atoms with E-state index < -0.39 is 36.3 Å². The Morgan fingerprint density at radius 3 is 2.54 bits per heavy atom. The van der Waals surface area contributed by atoms with Gasteiger partial charge in [0.2, 0.25) is 11.8 Å². The average Bonchev–Trinajstić information content (AvgIpc) is 2.87. The van der Waals surface area contributed by atoms with Crippen molar-refractivity contribution in [3.63, 3.8) is 0 Å². The summed E-state index contributed by atoms with van der Waals surface area (Å²) in [5.74, 6) is -2.34. The van der Waals surface area contributed by atoms with E-state index in [-0.39, 0.29) is 18.4 Å². The molecule has 124 valence electrons. The molecule has 24 heavy (non-hydrogen) atoms. The van der Waals surface area contributed by atoms with Gasteiger partial charge in [0.15, 0.2) is 6.10 Å². The first-order valence-electron chi connectivity index (χ1n) is 7.25. The van der Waals surface area contributed by atoms with Gasteiger partial charge < -0.3 is 10.1 Å². The van der Waals surface area contributed by atoms with Crippen LogP contribution in [0.4, 0.5) is 5.69 Å². The summed E-state index contributed by atoms with van der Waals surface area (Å²) in [6.45, 7) is 0.847. The Morgan fingerprint density at radius 2 is 1.92 bits per heavy atom. The molecule has 1 saturated heterocycles. The Morgan fingerprint density at radius 1 is 1.29 bits per heavy atom. The fourth-order valence-corrected chi connectivity index (χ4v) is 2.14. The second kappa shape index (κ2) is 7.37. The van der Waals surface area contributed by atoms with Gasteiger partial charge in [-0.3, -0.25) is 24.1 Å². The quantitative estimate of drug-likeness (QED) is 0.624. The van der Waals surface area contributed by atoms with E-state index in [2.05, 4.69) is 5.32 Å². The Bertz CT molecular complexity index is 721. The number of hydrogen-bond donors (Lipinski definition) is 1. The van der Waals surface area contributed by atoms with E-state index in [4.69, 9.17) is 10.00 Å². The Hall–Kier alpha value is -3.21. The number of hydrogen-bond acceptors (Lipinski definition) is 6. The summed E-state index contributed by atoms with van der Waals surface area (Å²) in [5, 5.41) is 11.5. The minimum absolute atomic E-state index is 0.0765. The first kappa shape index (κ1) is 17.1. The summed E-state index contributed by atoms with van der Waals surface area (Å²) in [7, 11) is 0. The van der Waals surface area contributed by atoms with Gasteiger partial charge in [-0.15, -0.1) is 0 Å². The van der Waals surface area contributed by atoms with Crippen molar-refractivity contribution in [1.82, 2.24) is 4.90 Å². The second-order valence-electron chi connectivity index (χ2n) is 5.15. The van der Waals surface area contributed by atoms with E-state index in [1.54, 1.807) is 18.2 Å². The van der Waals surface area contributed by atoms with Crippen LogP contribution >= 0.6 is 0 Å². The maximum atomic E-state index is 12.0. The molecular weight excluding hydrogens is 314 g/mol. The lowest BCUT2D eigenvalue weighted by atomic mass is 10.2. The van der Waals surface area contributed by atoms with Crippen LogP contribution in [0.2, 0.25) is 0 Å². The van der Waals surface area contributed by atoms with Crippen molar-refractivity contribution in [2.75, 3.05) is 11.9 Å². The number of anilines is 1. The normalized spacial score (nSPS) is 14.9. The van der Waals surface area contributed by atoms with Gasteiger partial charge in [0.25, 0.3) is 5.91 Å². The van der Waals surface area contributed by atoms with Crippen molar-refractivity contribution in [3.05, 3.63) is 29.8 Å². The van der Waals surface area contributed by atoms with E-state index in [0.717, 1.165) is 4.90 Å². The van der Waals surface area contributed by atoms with Crippen LogP contribution in [0, 0.1) is 11.3 Å². The summed E-state index contributed by atoms with van der Waals surface area (Å²) in [4.78, 5) is 47.5. The summed E-state index contributed by atoms with van der Waals surface area (Å²) >= 11 is 0. The highest BCUT2D eigenvalue weighted by atomic mass is 16.5. The first-order valence-corrected chi connectivity index (χ1v) is 7.25. The van der Waals surface area contributed by atoms with Crippen LogP contribution in [0.25, 0.3) is 0 Å². The number of ether oxygens (including phenoxy) is 1. The summed E-state index contributed by atoms with van der Waals surface area (Å²) < 4.78 is 4.94. The zero-order valence-electron chi connectivity index (χ0n) is 12.9. The summed E-state index contributed by atoms with van der Waals surface area (Å²) in [6, 6.07) is 8.33. The summed E-state index contributed by atoms with van der Waals surface area (Å²) in [6.07, 6.45) is -0.989. The Kier molecular flexibility index (Phi) is 5.27. The molecule has 0 radical (unpaired) electrons. The minimum atomic E-state index is -1.14. The van der Waals surface area contributed by atoms with Crippen molar-refractivity contribution in [1.29, 1.82) is 5.26 Å². The number of amides is 3. The highest BCUT2D eigenvalue weighted by Gasteiger charge is 2.31. The van der Waals surface area contributed by atoms with Gasteiger partial charge in [-0.2, -0.15) is 5.26 Å². The van der Waals surface area contributed by atoms with Gasteiger partial charge >= 0.3 is 5.97 Å². The molecule has 1 aliphatic rings. The van der Waals surface area contributed by atoms with Gasteiger partial charge in [-0.1, -0.05) is 12.1 Å². The van der Waals surface area contributed by atoms with E-state index >= 15 is 0 Å². The van der Waals surface area contributed by atoms with E-state index in [9.17, 15) is 19.2 Å². The van der Waals surface area contributed by atoms with Crippen molar-refractivity contribution in [3.8, 4) is 6.07 Å². The maximum absolute atomic E-state index is 12.0. The maximum Gasteiger partial charge on any atom is 0.326 e. The van der Waals surface area contributed by atoms with Crippen molar-refractivity contribution in [2.24, 2.45) is 0 Å². The molecule has 0 saturated carbocycles. The van der Waals surface area contributed by atoms with Gasteiger partial charge in [-0.05, 0) is 19.1 Å². The van der Waals surface area contributed by atoms with Gasteiger partial charge in [0.1, 0.15) is 12.6 Å². The first-order chi connectivity index (χ1) is 11.4. The van der Waals surface area contributed by atoms with E-state index in [0.29, 0.717) is 5.69 Å². The molecule has 2 rings (SSSR count). The van der Waals surface area contributed by atoms with Crippen molar-refractivity contribution < 1.29 is 23.9 Å². The Balaban J connectivity index is 1.91. The molecule has 1 fully saturated rings. The van der Waals surface area contributed by atoms with Crippen molar-refractivity contribution >= 4 is 29.4 Å². The molecule has 3 amide bonds. The smallest absolute Gasteiger partial charge is 0.326 e. The van der Waals surface area contributed by atoms with Crippen LogP contribution in [0.15, 0.2) is 24.3 Å². The number of esters is 1. The zero-order valence-corrected chi connectivity index (χ0v) is 12.9. The molecule has 0 aromatic heterocycles. The van der Waals surface area contributed by atoms with Crippen LogP contribution in [0.1, 0.15) is 25.3 Å². The SMILES string of the molecule is CC(OC(=O)CN1C(=O)CCC1=O)C(=O)Nc1ccccc1C#N. The third kappa shape index (κ3) is 3.95. The molecule has 0 spiro atoms. The number of carbonyl (C=O) groups excluding carboxylic acids is 4. The molecule has 1 aromatic carbocycles. The summed E-state index contributed by atoms with van der Waals surface area (Å²) in [5.41, 5.74) is 0.579. The van der Waals surface area contributed by atoms with Crippen LogP contribution in [0.3, 0.4) is 0 Å². The number of para-hydroxylation sites is 1. The molecule has 1 unspecified atom stereocenters. The third-order valence-corrected chi connectivity index (χ3v) is 3.42. The number of nitrogens with one attached hydrogen (secondary N) is 1. The molecule has 1 aliphatic heterocycles. The molecule has 8 heteroatoms. The average molecular weight is 329 g/mol. The number of likely N-dealkylation sites (tertiary alicyclic amines) is 1. The van der Waals surface area contributed by atoms with Crippen LogP contribution in [0.5, 0.6) is 0 Å². The monoisotopic (exact) mass is 329 g/mol. The standard InChI is InChI=1S/C16H15N3O5/c1-10(16(23)18-12-5-3-2-4-11(12)8-17)24-15(22)9-19-13(20)6-7-14(19)21/h2-5,10H,6-7,9H2,1H3,(H,18,23). The number of nitrogens with zero attached hydrogens (tertiary/aromatic N) is 2. The molecule has 0 aliphatic carbocycles. The van der Waals surface area contributed by atoms with E-state index in [1.165, 1.54) is 13.0 Å². The fraction of sp³-hybridized carbons (Fsp3) is 0.312.